The molecule has 3 nitrogen and oxygen atoms in total. The first-order valence-electron chi connectivity index (χ1n) is 5.93. The fourth-order valence-corrected chi connectivity index (χ4v) is 1.61. The molecule has 0 aliphatic heterocycles. The molecular formula is C13H19ClFNO2. The van der Waals surface area contributed by atoms with Crippen LogP contribution in [0.1, 0.15) is 13.8 Å². The molecule has 0 fully saturated rings. The lowest BCUT2D eigenvalue weighted by molar-refractivity contribution is 0.0318. The van der Waals surface area contributed by atoms with Crippen LogP contribution in [0.4, 0.5) is 10.1 Å². The minimum Gasteiger partial charge on any atom is -0.389 e. The topological polar surface area (TPSA) is 41.5 Å². The smallest absolute Gasteiger partial charge is 0.126 e. The average molecular weight is 276 g/mol. The average Bonchev–Trinajstić information content (AvgIpc) is 2.24. The first kappa shape index (κ1) is 15.2. The Balaban J connectivity index is 2.31. The quantitative estimate of drug-likeness (QED) is 0.804. The third-order valence-corrected chi connectivity index (χ3v) is 2.38. The van der Waals surface area contributed by atoms with Crippen LogP contribution in [-0.2, 0) is 4.74 Å². The van der Waals surface area contributed by atoms with E-state index in [1.807, 2.05) is 13.8 Å². The van der Waals surface area contributed by atoms with Crippen molar-refractivity contribution in [1.29, 1.82) is 0 Å². The summed E-state index contributed by atoms with van der Waals surface area (Å²) in [7, 11) is 0. The van der Waals surface area contributed by atoms with Gasteiger partial charge in [0.25, 0.3) is 0 Å². The summed E-state index contributed by atoms with van der Waals surface area (Å²) in [6.07, 6.45) is -0.634. The fraction of sp³-hybridized carbons (Fsp3) is 0.538. The summed E-state index contributed by atoms with van der Waals surface area (Å²) in [4.78, 5) is 0. The number of anilines is 1. The van der Waals surface area contributed by atoms with Gasteiger partial charge in [0.1, 0.15) is 5.82 Å². The van der Waals surface area contributed by atoms with Gasteiger partial charge in [0.05, 0.1) is 12.7 Å². The standard InChI is InChI=1S/C13H19ClFNO2/c1-9(2)7-18-8-13(17)6-16-12-4-10(14)3-11(15)5-12/h3-5,9,13,16-17H,6-8H2,1-2H3. The number of rotatable bonds is 7. The van der Waals surface area contributed by atoms with E-state index in [1.54, 1.807) is 6.07 Å². The number of aliphatic hydroxyl groups excluding tert-OH is 1. The van der Waals surface area contributed by atoms with Crippen LogP contribution in [-0.4, -0.2) is 31.0 Å². The highest BCUT2D eigenvalue weighted by Crippen LogP contribution is 2.17. The van der Waals surface area contributed by atoms with Crippen LogP contribution in [0.15, 0.2) is 18.2 Å². The number of ether oxygens (including phenoxy) is 1. The Bertz CT molecular complexity index is 354. The molecule has 0 aliphatic rings. The summed E-state index contributed by atoms with van der Waals surface area (Å²) >= 11 is 5.72. The summed E-state index contributed by atoms with van der Waals surface area (Å²) in [6, 6.07) is 4.16. The lowest BCUT2D eigenvalue weighted by Gasteiger charge is -2.14. The molecule has 0 radical (unpaired) electrons. The molecule has 0 amide bonds. The van der Waals surface area contributed by atoms with E-state index in [0.29, 0.717) is 23.2 Å². The van der Waals surface area contributed by atoms with E-state index in [-0.39, 0.29) is 13.2 Å². The van der Waals surface area contributed by atoms with Crippen LogP contribution in [0.25, 0.3) is 0 Å². The lowest BCUT2D eigenvalue weighted by Crippen LogP contribution is -2.25. The number of hydrogen-bond acceptors (Lipinski definition) is 3. The van der Waals surface area contributed by atoms with Gasteiger partial charge in [-0.25, -0.2) is 4.39 Å². The molecule has 0 saturated carbocycles. The van der Waals surface area contributed by atoms with Gasteiger partial charge < -0.3 is 15.2 Å². The molecule has 5 heteroatoms. The second-order valence-electron chi connectivity index (χ2n) is 4.62. The maximum absolute atomic E-state index is 13.0. The number of halogens is 2. The molecule has 0 spiro atoms. The van der Waals surface area contributed by atoms with Crippen LogP contribution in [0.3, 0.4) is 0 Å². The van der Waals surface area contributed by atoms with Gasteiger partial charge in [0.2, 0.25) is 0 Å². The molecular weight excluding hydrogens is 257 g/mol. The fourth-order valence-electron chi connectivity index (χ4n) is 1.39. The van der Waals surface area contributed by atoms with Gasteiger partial charge in [-0.05, 0) is 24.1 Å². The first-order chi connectivity index (χ1) is 8.47. The summed E-state index contributed by atoms with van der Waals surface area (Å²) in [5, 5.41) is 12.9. The second kappa shape index (κ2) is 7.56. The summed E-state index contributed by atoms with van der Waals surface area (Å²) in [5.74, 6) is 0.0303. The zero-order chi connectivity index (χ0) is 13.5. The molecule has 0 heterocycles. The van der Waals surface area contributed by atoms with E-state index >= 15 is 0 Å². The van der Waals surface area contributed by atoms with E-state index < -0.39 is 11.9 Å². The summed E-state index contributed by atoms with van der Waals surface area (Å²) < 4.78 is 18.3. The van der Waals surface area contributed by atoms with Crippen LogP contribution in [0, 0.1) is 11.7 Å². The second-order valence-corrected chi connectivity index (χ2v) is 5.06. The maximum Gasteiger partial charge on any atom is 0.126 e. The van der Waals surface area contributed by atoms with E-state index in [1.165, 1.54) is 12.1 Å². The monoisotopic (exact) mass is 275 g/mol. The third-order valence-electron chi connectivity index (χ3n) is 2.17. The molecule has 1 rings (SSSR count). The highest BCUT2D eigenvalue weighted by atomic mass is 35.5. The Morgan fingerprint density at radius 2 is 2.06 bits per heavy atom. The first-order valence-corrected chi connectivity index (χ1v) is 6.31. The van der Waals surface area contributed by atoms with Crippen molar-refractivity contribution in [2.75, 3.05) is 25.1 Å². The molecule has 0 saturated heterocycles. The molecule has 1 aromatic rings. The van der Waals surface area contributed by atoms with Crippen molar-refractivity contribution in [1.82, 2.24) is 0 Å². The van der Waals surface area contributed by atoms with Crippen molar-refractivity contribution in [3.05, 3.63) is 29.0 Å². The summed E-state index contributed by atoms with van der Waals surface area (Å²) in [5.41, 5.74) is 0.544. The van der Waals surface area contributed by atoms with E-state index in [2.05, 4.69) is 5.32 Å². The summed E-state index contributed by atoms with van der Waals surface area (Å²) in [6.45, 7) is 5.24. The van der Waals surface area contributed by atoms with Gasteiger partial charge in [-0.2, -0.15) is 0 Å². The Labute approximate surface area is 112 Å². The Kier molecular flexibility index (Phi) is 6.39. The molecule has 1 aromatic carbocycles. The molecule has 0 aliphatic carbocycles. The van der Waals surface area contributed by atoms with Gasteiger partial charge in [0.15, 0.2) is 0 Å². The zero-order valence-corrected chi connectivity index (χ0v) is 11.4. The van der Waals surface area contributed by atoms with E-state index in [0.717, 1.165) is 0 Å². The lowest BCUT2D eigenvalue weighted by atomic mass is 10.2. The highest BCUT2D eigenvalue weighted by Gasteiger charge is 2.06. The molecule has 1 unspecified atom stereocenters. The van der Waals surface area contributed by atoms with Crippen molar-refractivity contribution < 1.29 is 14.2 Å². The number of nitrogens with one attached hydrogen (secondary N) is 1. The molecule has 0 bridgehead atoms. The van der Waals surface area contributed by atoms with Gasteiger partial charge in [-0.15, -0.1) is 0 Å². The van der Waals surface area contributed by atoms with Crippen LogP contribution in [0.5, 0.6) is 0 Å². The molecule has 102 valence electrons. The van der Waals surface area contributed by atoms with Gasteiger partial charge in [0, 0.05) is 23.9 Å². The molecule has 1 atom stereocenters. The van der Waals surface area contributed by atoms with Crippen molar-refractivity contribution in [2.45, 2.75) is 20.0 Å². The van der Waals surface area contributed by atoms with Gasteiger partial charge in [-0.3, -0.25) is 0 Å². The Hall–Kier alpha value is -0.840. The predicted octanol–water partition coefficient (Wildman–Crippen LogP) is 2.92. The maximum atomic E-state index is 13.0. The minimum absolute atomic E-state index is 0.258. The van der Waals surface area contributed by atoms with E-state index in [4.69, 9.17) is 16.3 Å². The Morgan fingerprint density at radius 3 is 2.67 bits per heavy atom. The Morgan fingerprint density at radius 1 is 1.33 bits per heavy atom. The van der Waals surface area contributed by atoms with Crippen molar-refractivity contribution in [2.24, 2.45) is 5.92 Å². The normalized spacial score (nSPS) is 12.8. The SMILES string of the molecule is CC(C)COCC(O)CNc1cc(F)cc(Cl)c1. The van der Waals surface area contributed by atoms with Crippen LogP contribution < -0.4 is 5.32 Å². The number of hydrogen-bond donors (Lipinski definition) is 2. The van der Waals surface area contributed by atoms with Crippen molar-refractivity contribution in [3.63, 3.8) is 0 Å². The number of benzene rings is 1. The van der Waals surface area contributed by atoms with E-state index in [9.17, 15) is 9.50 Å². The zero-order valence-electron chi connectivity index (χ0n) is 10.6. The molecule has 2 N–H and O–H groups in total. The van der Waals surface area contributed by atoms with Crippen molar-refractivity contribution >= 4 is 17.3 Å². The minimum atomic E-state index is -0.634. The largest absolute Gasteiger partial charge is 0.389 e. The highest BCUT2D eigenvalue weighted by molar-refractivity contribution is 6.30. The third kappa shape index (κ3) is 6.19. The predicted molar refractivity (Wildman–Crippen MR) is 71.6 cm³/mol. The van der Waals surface area contributed by atoms with Gasteiger partial charge in [-0.1, -0.05) is 25.4 Å². The van der Waals surface area contributed by atoms with Gasteiger partial charge >= 0.3 is 0 Å². The van der Waals surface area contributed by atoms with Crippen LogP contribution >= 0.6 is 11.6 Å². The van der Waals surface area contributed by atoms with Crippen LogP contribution in [0.2, 0.25) is 5.02 Å². The number of aliphatic hydroxyl groups is 1. The molecule has 0 aromatic heterocycles. The van der Waals surface area contributed by atoms with Crippen molar-refractivity contribution in [3.8, 4) is 0 Å². The molecule has 18 heavy (non-hydrogen) atoms.